The lowest BCUT2D eigenvalue weighted by atomic mass is 10.3. The van der Waals surface area contributed by atoms with Crippen molar-refractivity contribution in [3.63, 3.8) is 0 Å². The molecule has 0 N–H and O–H groups in total. The molecular weight excluding hydrogens is 398 g/mol. The largest absolute Gasteiger partial charge is 0.484 e. The van der Waals surface area contributed by atoms with Gasteiger partial charge < -0.3 is 14.1 Å². The molecule has 6 nitrogen and oxygen atoms in total. The van der Waals surface area contributed by atoms with Gasteiger partial charge in [-0.15, -0.1) is 11.3 Å². The predicted octanol–water partition coefficient (Wildman–Crippen LogP) is 3.78. The number of benzene rings is 1. The molecule has 1 aromatic carbocycles. The molecule has 3 heterocycles. The highest BCUT2D eigenvalue weighted by Crippen LogP contribution is 2.23. The SMILES string of the molecule is O=C(COc1ccc(Cl)cc1)N1CCN(Cc2nc(-c3ccco3)cs2)CC1. The fraction of sp³-hybridized carbons (Fsp3) is 0.300. The van der Waals surface area contributed by atoms with E-state index < -0.39 is 0 Å². The number of thiazole rings is 1. The van der Waals surface area contributed by atoms with E-state index in [0.29, 0.717) is 23.9 Å². The van der Waals surface area contributed by atoms with Crippen molar-refractivity contribution in [2.75, 3.05) is 32.8 Å². The van der Waals surface area contributed by atoms with E-state index in [9.17, 15) is 4.79 Å². The maximum absolute atomic E-state index is 12.4. The number of hydrogen-bond donors (Lipinski definition) is 0. The summed E-state index contributed by atoms with van der Waals surface area (Å²) in [6.45, 7) is 3.86. The van der Waals surface area contributed by atoms with Gasteiger partial charge in [-0.1, -0.05) is 11.6 Å². The molecule has 0 bridgehead atoms. The standard InChI is InChI=1S/C20H20ClN3O3S/c21-15-3-5-16(6-4-15)27-13-20(25)24-9-7-23(8-10-24)12-19-22-17(14-28-19)18-2-1-11-26-18/h1-6,11,14H,7-10,12-13H2. The minimum absolute atomic E-state index is 0.00366. The van der Waals surface area contributed by atoms with E-state index >= 15 is 0 Å². The van der Waals surface area contributed by atoms with Gasteiger partial charge in [0.1, 0.15) is 16.5 Å². The summed E-state index contributed by atoms with van der Waals surface area (Å²) in [5.74, 6) is 1.44. The van der Waals surface area contributed by atoms with Crippen molar-refractivity contribution < 1.29 is 13.9 Å². The van der Waals surface area contributed by atoms with Crippen LogP contribution in [0.3, 0.4) is 0 Å². The summed E-state index contributed by atoms with van der Waals surface area (Å²) >= 11 is 7.48. The van der Waals surface area contributed by atoms with Crippen LogP contribution in [0.5, 0.6) is 5.75 Å². The smallest absolute Gasteiger partial charge is 0.260 e. The summed E-state index contributed by atoms with van der Waals surface area (Å²) in [6.07, 6.45) is 1.65. The van der Waals surface area contributed by atoms with Gasteiger partial charge in [0, 0.05) is 36.6 Å². The lowest BCUT2D eigenvalue weighted by molar-refractivity contribution is -0.135. The van der Waals surface area contributed by atoms with Gasteiger partial charge in [0.15, 0.2) is 12.4 Å². The molecule has 3 aromatic rings. The molecule has 0 saturated carbocycles. The van der Waals surface area contributed by atoms with E-state index in [-0.39, 0.29) is 12.5 Å². The Balaban J connectivity index is 1.23. The van der Waals surface area contributed by atoms with Crippen LogP contribution in [0.15, 0.2) is 52.5 Å². The summed E-state index contributed by atoms with van der Waals surface area (Å²) in [6, 6.07) is 10.8. The number of rotatable bonds is 6. The van der Waals surface area contributed by atoms with E-state index in [1.54, 1.807) is 41.9 Å². The molecule has 2 aromatic heterocycles. The van der Waals surface area contributed by atoms with Crippen molar-refractivity contribution in [1.82, 2.24) is 14.8 Å². The molecule has 0 spiro atoms. The molecule has 28 heavy (non-hydrogen) atoms. The Morgan fingerprint density at radius 1 is 1.18 bits per heavy atom. The van der Waals surface area contributed by atoms with Crippen LogP contribution in [0, 0.1) is 0 Å². The fourth-order valence-electron chi connectivity index (χ4n) is 3.03. The maximum Gasteiger partial charge on any atom is 0.260 e. The zero-order valence-corrected chi connectivity index (χ0v) is 16.8. The van der Waals surface area contributed by atoms with Crippen molar-refractivity contribution in [2.45, 2.75) is 6.54 Å². The average molecular weight is 418 g/mol. The third-order valence-corrected chi connectivity index (χ3v) is 5.67. The Kier molecular flexibility index (Phi) is 5.95. The first-order valence-electron chi connectivity index (χ1n) is 9.04. The van der Waals surface area contributed by atoms with Gasteiger partial charge in [-0.2, -0.15) is 0 Å². The lowest BCUT2D eigenvalue weighted by Gasteiger charge is -2.34. The van der Waals surface area contributed by atoms with Gasteiger partial charge in [-0.25, -0.2) is 4.98 Å². The van der Waals surface area contributed by atoms with Crippen LogP contribution in [0.2, 0.25) is 5.02 Å². The number of furan rings is 1. The van der Waals surface area contributed by atoms with Crippen molar-refractivity contribution in [3.05, 3.63) is 58.1 Å². The number of carbonyl (C=O) groups excluding carboxylic acids is 1. The van der Waals surface area contributed by atoms with Crippen LogP contribution in [0.4, 0.5) is 0 Å². The second-order valence-electron chi connectivity index (χ2n) is 6.50. The average Bonchev–Trinajstić information content (AvgIpc) is 3.40. The third kappa shape index (κ3) is 4.73. The Hall–Kier alpha value is -2.35. The minimum atomic E-state index is 0.00366. The van der Waals surface area contributed by atoms with Crippen molar-refractivity contribution in [1.29, 1.82) is 0 Å². The quantitative estimate of drug-likeness (QED) is 0.610. The molecule has 1 amide bonds. The van der Waals surface area contributed by atoms with Gasteiger partial charge in [0.2, 0.25) is 0 Å². The van der Waals surface area contributed by atoms with Gasteiger partial charge in [-0.3, -0.25) is 9.69 Å². The van der Waals surface area contributed by atoms with Crippen LogP contribution >= 0.6 is 22.9 Å². The second-order valence-corrected chi connectivity index (χ2v) is 7.88. The van der Waals surface area contributed by atoms with Gasteiger partial charge in [0.25, 0.3) is 5.91 Å². The van der Waals surface area contributed by atoms with Crippen molar-refractivity contribution in [3.8, 4) is 17.2 Å². The maximum atomic E-state index is 12.4. The van der Waals surface area contributed by atoms with Crippen LogP contribution in [0.1, 0.15) is 5.01 Å². The van der Waals surface area contributed by atoms with Gasteiger partial charge in [0.05, 0.1) is 12.8 Å². The van der Waals surface area contributed by atoms with Gasteiger partial charge >= 0.3 is 0 Å². The minimum Gasteiger partial charge on any atom is -0.484 e. The van der Waals surface area contributed by atoms with Crippen LogP contribution in [-0.2, 0) is 11.3 Å². The van der Waals surface area contributed by atoms with Crippen LogP contribution in [-0.4, -0.2) is 53.5 Å². The summed E-state index contributed by atoms with van der Waals surface area (Å²) in [5, 5.41) is 3.71. The molecule has 0 unspecified atom stereocenters. The number of ether oxygens (including phenoxy) is 1. The third-order valence-electron chi connectivity index (χ3n) is 4.59. The summed E-state index contributed by atoms with van der Waals surface area (Å²) in [4.78, 5) is 21.2. The first-order chi connectivity index (χ1) is 13.7. The predicted molar refractivity (Wildman–Crippen MR) is 109 cm³/mol. The molecule has 1 aliphatic heterocycles. The fourth-order valence-corrected chi connectivity index (χ4v) is 3.99. The summed E-state index contributed by atoms with van der Waals surface area (Å²) < 4.78 is 10.9. The Labute approximate surface area is 172 Å². The molecule has 146 valence electrons. The molecule has 1 saturated heterocycles. The van der Waals surface area contributed by atoms with Gasteiger partial charge in [-0.05, 0) is 36.4 Å². The van der Waals surface area contributed by atoms with E-state index in [2.05, 4.69) is 9.88 Å². The zero-order chi connectivity index (χ0) is 19.3. The highest BCUT2D eigenvalue weighted by atomic mass is 35.5. The summed E-state index contributed by atoms with van der Waals surface area (Å²) in [7, 11) is 0. The molecule has 1 aliphatic rings. The number of carbonyl (C=O) groups is 1. The topological polar surface area (TPSA) is 58.8 Å². The highest BCUT2D eigenvalue weighted by molar-refractivity contribution is 7.09. The van der Waals surface area contributed by atoms with Crippen molar-refractivity contribution in [2.24, 2.45) is 0 Å². The highest BCUT2D eigenvalue weighted by Gasteiger charge is 2.22. The van der Waals surface area contributed by atoms with E-state index in [0.717, 1.165) is 36.1 Å². The molecular formula is C20H20ClN3O3S. The second kappa shape index (κ2) is 8.77. The van der Waals surface area contributed by atoms with E-state index in [4.69, 9.17) is 20.8 Å². The van der Waals surface area contributed by atoms with Crippen LogP contribution in [0.25, 0.3) is 11.5 Å². The molecule has 8 heteroatoms. The molecule has 4 rings (SSSR count). The monoisotopic (exact) mass is 417 g/mol. The number of nitrogens with zero attached hydrogens (tertiary/aromatic N) is 3. The van der Waals surface area contributed by atoms with E-state index in [1.165, 1.54) is 0 Å². The molecule has 0 radical (unpaired) electrons. The molecule has 0 aliphatic carbocycles. The zero-order valence-electron chi connectivity index (χ0n) is 15.2. The number of amides is 1. The molecule has 0 atom stereocenters. The molecule has 1 fully saturated rings. The number of piperazine rings is 1. The lowest BCUT2D eigenvalue weighted by Crippen LogP contribution is -2.49. The number of hydrogen-bond acceptors (Lipinski definition) is 6. The van der Waals surface area contributed by atoms with Crippen molar-refractivity contribution >= 4 is 28.8 Å². The number of aromatic nitrogens is 1. The first kappa shape index (κ1) is 19.0. The Morgan fingerprint density at radius 3 is 2.68 bits per heavy atom. The summed E-state index contributed by atoms with van der Waals surface area (Å²) in [5.41, 5.74) is 0.873. The van der Waals surface area contributed by atoms with Crippen LogP contribution < -0.4 is 4.74 Å². The normalized spacial score (nSPS) is 15.0. The first-order valence-corrected chi connectivity index (χ1v) is 10.3. The Bertz CT molecular complexity index is 903. The number of halogens is 1. The Morgan fingerprint density at radius 2 is 1.96 bits per heavy atom. The van der Waals surface area contributed by atoms with E-state index in [1.807, 2.05) is 22.4 Å².